The minimum atomic E-state index is -0.242. The Labute approximate surface area is 159 Å². The Kier molecular flexibility index (Phi) is 4.71. The normalized spacial score (nSPS) is 10.7. The van der Waals surface area contributed by atoms with Crippen molar-refractivity contribution in [3.8, 4) is 11.4 Å². The van der Waals surface area contributed by atoms with Gasteiger partial charge >= 0.3 is 0 Å². The van der Waals surface area contributed by atoms with Crippen LogP contribution in [0, 0.1) is 6.92 Å². The maximum absolute atomic E-state index is 12.4. The number of anilines is 1. The van der Waals surface area contributed by atoms with Gasteiger partial charge in [0, 0.05) is 29.0 Å². The predicted molar refractivity (Wildman–Crippen MR) is 102 cm³/mol. The molecule has 3 heterocycles. The molecular weight excluding hydrogens is 362 g/mol. The minimum Gasteiger partial charge on any atom is -0.339 e. The summed E-state index contributed by atoms with van der Waals surface area (Å²) in [6.07, 6.45) is 3.77. The Morgan fingerprint density at radius 3 is 2.85 bits per heavy atom. The topological polar surface area (TPSA) is 93.8 Å². The van der Waals surface area contributed by atoms with Gasteiger partial charge in [-0.3, -0.25) is 9.78 Å². The van der Waals surface area contributed by atoms with E-state index in [1.807, 2.05) is 43.3 Å². The summed E-state index contributed by atoms with van der Waals surface area (Å²) in [6, 6.07) is 11.2. The van der Waals surface area contributed by atoms with Crippen molar-refractivity contribution < 1.29 is 9.32 Å². The molecule has 0 aliphatic heterocycles. The Hall–Kier alpha value is -3.39. The molecule has 4 aromatic rings. The molecule has 1 aromatic carbocycles. The van der Waals surface area contributed by atoms with Crippen LogP contribution in [0.5, 0.6) is 0 Å². The molecule has 4 rings (SSSR count). The first kappa shape index (κ1) is 17.0. The number of aromatic nitrogens is 4. The number of pyridine rings is 1. The third kappa shape index (κ3) is 3.90. The van der Waals surface area contributed by atoms with E-state index in [2.05, 4.69) is 25.4 Å². The number of amides is 1. The number of carbonyl (C=O) groups is 1. The molecule has 0 atom stereocenters. The molecule has 8 heteroatoms. The lowest BCUT2D eigenvalue weighted by molar-refractivity contribution is 0.102. The average molecular weight is 377 g/mol. The van der Waals surface area contributed by atoms with Crippen LogP contribution in [-0.2, 0) is 6.42 Å². The third-order valence-electron chi connectivity index (χ3n) is 3.85. The second-order valence-corrected chi connectivity index (χ2v) is 6.86. The van der Waals surface area contributed by atoms with Gasteiger partial charge in [-0.05, 0) is 30.7 Å². The summed E-state index contributed by atoms with van der Waals surface area (Å²) >= 11 is 1.44. The van der Waals surface area contributed by atoms with E-state index in [-0.39, 0.29) is 5.91 Å². The molecule has 3 aromatic heterocycles. The lowest BCUT2D eigenvalue weighted by Gasteiger charge is -2.08. The van der Waals surface area contributed by atoms with Crippen LogP contribution < -0.4 is 5.32 Å². The second-order valence-electron chi connectivity index (χ2n) is 5.79. The van der Waals surface area contributed by atoms with Gasteiger partial charge in [-0.15, -0.1) is 11.3 Å². The lowest BCUT2D eigenvalue weighted by Crippen LogP contribution is -2.13. The molecule has 0 bridgehead atoms. The van der Waals surface area contributed by atoms with Crippen molar-refractivity contribution in [1.29, 1.82) is 0 Å². The van der Waals surface area contributed by atoms with Crippen molar-refractivity contribution in [2.24, 2.45) is 0 Å². The van der Waals surface area contributed by atoms with Gasteiger partial charge in [-0.25, -0.2) is 4.98 Å². The molecule has 1 amide bonds. The molecule has 27 heavy (non-hydrogen) atoms. The number of benzene rings is 1. The van der Waals surface area contributed by atoms with Crippen LogP contribution in [0.15, 0.2) is 58.7 Å². The van der Waals surface area contributed by atoms with E-state index in [9.17, 15) is 4.79 Å². The first-order chi connectivity index (χ1) is 13.2. The summed E-state index contributed by atoms with van der Waals surface area (Å²) in [4.78, 5) is 25.1. The quantitative estimate of drug-likeness (QED) is 0.569. The molecule has 0 aliphatic rings. The van der Waals surface area contributed by atoms with Crippen LogP contribution in [0.1, 0.15) is 27.0 Å². The summed E-state index contributed by atoms with van der Waals surface area (Å²) in [7, 11) is 0. The fourth-order valence-corrected chi connectivity index (χ4v) is 3.15. The van der Waals surface area contributed by atoms with Gasteiger partial charge in [0.2, 0.25) is 11.7 Å². The average Bonchev–Trinajstić information content (AvgIpc) is 3.33. The van der Waals surface area contributed by atoms with Crippen molar-refractivity contribution in [3.05, 3.63) is 76.3 Å². The number of carbonyl (C=O) groups excluding carboxylic acids is 1. The number of nitrogens with zero attached hydrogens (tertiary/aromatic N) is 4. The number of hydrogen-bond acceptors (Lipinski definition) is 7. The van der Waals surface area contributed by atoms with Gasteiger partial charge in [0.25, 0.3) is 5.91 Å². The van der Waals surface area contributed by atoms with E-state index in [1.54, 1.807) is 17.8 Å². The predicted octanol–water partition coefficient (Wildman–Crippen LogP) is 3.74. The molecule has 134 valence electrons. The Balaban J connectivity index is 1.53. The van der Waals surface area contributed by atoms with Crippen molar-refractivity contribution in [1.82, 2.24) is 20.1 Å². The largest absolute Gasteiger partial charge is 0.339 e. The van der Waals surface area contributed by atoms with Crippen LogP contribution in [0.25, 0.3) is 11.4 Å². The fourth-order valence-electron chi connectivity index (χ4n) is 2.55. The highest BCUT2D eigenvalue weighted by Gasteiger charge is 2.14. The van der Waals surface area contributed by atoms with E-state index in [0.29, 0.717) is 29.5 Å². The van der Waals surface area contributed by atoms with Crippen molar-refractivity contribution >= 4 is 22.9 Å². The zero-order chi connectivity index (χ0) is 18.6. The van der Waals surface area contributed by atoms with Gasteiger partial charge in [-0.2, -0.15) is 4.98 Å². The Morgan fingerprint density at radius 2 is 2.07 bits per heavy atom. The molecule has 0 saturated carbocycles. The number of thiazole rings is 1. The first-order valence-electron chi connectivity index (χ1n) is 8.23. The highest BCUT2D eigenvalue weighted by Crippen LogP contribution is 2.21. The summed E-state index contributed by atoms with van der Waals surface area (Å²) in [5, 5.41) is 9.50. The van der Waals surface area contributed by atoms with Crippen molar-refractivity contribution in [2.45, 2.75) is 13.3 Å². The molecule has 0 spiro atoms. The number of nitrogens with one attached hydrogen (secondary N) is 1. The fraction of sp³-hybridized carbons (Fsp3) is 0.105. The lowest BCUT2D eigenvalue weighted by atomic mass is 10.1. The first-order valence-corrected chi connectivity index (χ1v) is 9.11. The molecule has 0 radical (unpaired) electrons. The smallest absolute Gasteiger partial charge is 0.275 e. The van der Waals surface area contributed by atoms with Crippen LogP contribution in [0.4, 0.5) is 5.69 Å². The van der Waals surface area contributed by atoms with Gasteiger partial charge < -0.3 is 9.84 Å². The van der Waals surface area contributed by atoms with Crippen LogP contribution in [0.2, 0.25) is 0 Å². The van der Waals surface area contributed by atoms with Crippen molar-refractivity contribution in [2.75, 3.05) is 5.32 Å². The summed E-state index contributed by atoms with van der Waals surface area (Å²) < 4.78 is 5.36. The van der Waals surface area contributed by atoms with Crippen molar-refractivity contribution in [3.63, 3.8) is 0 Å². The summed E-state index contributed by atoms with van der Waals surface area (Å²) in [5.41, 5.74) is 2.76. The molecule has 0 unspecified atom stereocenters. The van der Waals surface area contributed by atoms with E-state index in [4.69, 9.17) is 4.52 Å². The standard InChI is InChI=1S/C19H15N5O2S/c1-12-21-16(11-27-12)19(25)22-15-7-3-2-5-13(15)9-17-23-18(24-26-17)14-6-4-8-20-10-14/h2-8,10-11H,9H2,1H3,(H,22,25). The van der Waals surface area contributed by atoms with E-state index in [0.717, 1.165) is 16.1 Å². The molecule has 0 fully saturated rings. The number of hydrogen-bond donors (Lipinski definition) is 1. The van der Waals surface area contributed by atoms with Gasteiger partial charge in [-0.1, -0.05) is 23.4 Å². The second kappa shape index (κ2) is 7.46. The van der Waals surface area contributed by atoms with Crippen LogP contribution in [-0.4, -0.2) is 26.0 Å². The molecule has 7 nitrogen and oxygen atoms in total. The van der Waals surface area contributed by atoms with E-state index in [1.165, 1.54) is 11.3 Å². The Bertz CT molecular complexity index is 1070. The van der Waals surface area contributed by atoms with Gasteiger partial charge in [0.1, 0.15) is 5.69 Å². The zero-order valence-electron chi connectivity index (χ0n) is 14.4. The van der Waals surface area contributed by atoms with Gasteiger partial charge in [0.05, 0.1) is 11.4 Å². The molecular formula is C19H15N5O2S. The van der Waals surface area contributed by atoms with Gasteiger partial charge in [0.15, 0.2) is 0 Å². The SMILES string of the molecule is Cc1nc(C(=O)Nc2ccccc2Cc2nc(-c3cccnc3)no2)cs1. The zero-order valence-corrected chi connectivity index (χ0v) is 15.2. The highest BCUT2D eigenvalue weighted by atomic mass is 32.1. The van der Waals surface area contributed by atoms with E-state index < -0.39 is 0 Å². The number of para-hydroxylation sites is 1. The molecule has 0 aliphatic carbocycles. The monoisotopic (exact) mass is 377 g/mol. The summed E-state index contributed by atoms with van der Waals surface area (Å²) in [5.74, 6) is 0.700. The maximum Gasteiger partial charge on any atom is 0.275 e. The number of aryl methyl sites for hydroxylation is 1. The van der Waals surface area contributed by atoms with Crippen LogP contribution >= 0.6 is 11.3 Å². The minimum absolute atomic E-state index is 0.242. The maximum atomic E-state index is 12.4. The Morgan fingerprint density at radius 1 is 1.19 bits per heavy atom. The number of rotatable bonds is 5. The van der Waals surface area contributed by atoms with Crippen LogP contribution in [0.3, 0.4) is 0 Å². The molecule has 1 N–H and O–H groups in total. The molecule has 0 saturated heterocycles. The van der Waals surface area contributed by atoms with E-state index >= 15 is 0 Å². The highest BCUT2D eigenvalue weighted by molar-refractivity contribution is 7.09. The third-order valence-corrected chi connectivity index (χ3v) is 4.62. The summed E-state index contributed by atoms with van der Waals surface area (Å²) in [6.45, 7) is 1.87.